The zero-order valence-corrected chi connectivity index (χ0v) is 16.4. The van der Waals surface area contributed by atoms with E-state index in [4.69, 9.17) is 33.7 Å². The molecule has 0 radical (unpaired) electrons. The molecule has 3 rings (SSSR count). The molecule has 0 fully saturated rings. The first-order chi connectivity index (χ1) is 12.9. The van der Waals surface area contributed by atoms with Gasteiger partial charge in [0.2, 0.25) is 0 Å². The molecule has 0 bridgehead atoms. The molecule has 0 aliphatic carbocycles. The summed E-state index contributed by atoms with van der Waals surface area (Å²) < 4.78 is 33.3. The second-order valence-corrected chi connectivity index (χ2v) is 8.12. The summed E-state index contributed by atoms with van der Waals surface area (Å²) in [7, 11) is -3.77. The second-order valence-electron chi connectivity index (χ2n) is 5.62. The van der Waals surface area contributed by atoms with Crippen LogP contribution in [0.5, 0.6) is 11.5 Å². The van der Waals surface area contributed by atoms with Crippen LogP contribution in [0.25, 0.3) is 0 Å². The highest BCUT2D eigenvalue weighted by atomic mass is 35.5. The van der Waals surface area contributed by atoms with E-state index in [0.717, 1.165) is 5.56 Å². The molecule has 3 N–H and O–H groups in total. The van der Waals surface area contributed by atoms with Crippen LogP contribution in [0.3, 0.4) is 0 Å². The molecular weight excluding hydrogens is 407 g/mol. The fourth-order valence-electron chi connectivity index (χ4n) is 2.33. The molecule has 0 aromatic heterocycles. The zero-order chi connectivity index (χ0) is 19.4. The number of para-hydroxylation sites is 1. The first-order valence-corrected chi connectivity index (χ1v) is 10.2. The van der Waals surface area contributed by atoms with Gasteiger partial charge < -0.3 is 10.5 Å². The van der Waals surface area contributed by atoms with Crippen molar-refractivity contribution in [3.63, 3.8) is 0 Å². The van der Waals surface area contributed by atoms with E-state index in [-0.39, 0.29) is 11.4 Å². The smallest absolute Gasteiger partial charge is 0.261 e. The maximum Gasteiger partial charge on any atom is 0.261 e. The van der Waals surface area contributed by atoms with Crippen LogP contribution >= 0.6 is 23.2 Å². The van der Waals surface area contributed by atoms with Crippen molar-refractivity contribution in [2.45, 2.75) is 11.4 Å². The lowest BCUT2D eigenvalue weighted by molar-refractivity contribution is 0.482. The maximum atomic E-state index is 12.6. The SMILES string of the molecule is NCc1ccc(NS(=O)(=O)c2ccc(Oc3ccccc3Cl)cc2)cc1Cl. The van der Waals surface area contributed by atoms with Crippen molar-refractivity contribution in [2.75, 3.05) is 4.72 Å². The number of ether oxygens (including phenoxy) is 1. The largest absolute Gasteiger partial charge is 0.456 e. The Morgan fingerprint density at radius 1 is 0.926 bits per heavy atom. The summed E-state index contributed by atoms with van der Waals surface area (Å²) in [4.78, 5) is 0.0908. The van der Waals surface area contributed by atoms with Crippen molar-refractivity contribution in [3.05, 3.63) is 82.3 Å². The highest BCUT2D eigenvalue weighted by molar-refractivity contribution is 7.92. The zero-order valence-electron chi connectivity index (χ0n) is 14.0. The second kappa shape index (κ2) is 8.19. The summed E-state index contributed by atoms with van der Waals surface area (Å²) in [5.41, 5.74) is 6.65. The van der Waals surface area contributed by atoms with Gasteiger partial charge in [0.25, 0.3) is 10.0 Å². The van der Waals surface area contributed by atoms with Gasteiger partial charge in [-0.1, -0.05) is 41.4 Å². The van der Waals surface area contributed by atoms with Crippen molar-refractivity contribution in [1.82, 2.24) is 0 Å². The minimum absolute atomic E-state index is 0.0908. The summed E-state index contributed by atoms with van der Waals surface area (Å²) in [5, 5.41) is 0.870. The average molecular weight is 423 g/mol. The van der Waals surface area contributed by atoms with Gasteiger partial charge in [-0.15, -0.1) is 0 Å². The summed E-state index contributed by atoms with van der Waals surface area (Å²) in [6.45, 7) is 0.277. The molecule has 0 aliphatic heterocycles. The minimum atomic E-state index is -3.77. The maximum absolute atomic E-state index is 12.6. The van der Waals surface area contributed by atoms with Crippen LogP contribution < -0.4 is 15.2 Å². The fraction of sp³-hybridized carbons (Fsp3) is 0.0526. The van der Waals surface area contributed by atoms with Crippen LogP contribution in [0.2, 0.25) is 10.0 Å². The number of halogens is 2. The molecule has 0 aliphatic rings. The molecule has 0 unspecified atom stereocenters. The van der Waals surface area contributed by atoms with Gasteiger partial charge >= 0.3 is 0 Å². The molecule has 0 amide bonds. The summed E-state index contributed by atoms with van der Waals surface area (Å²) in [6, 6.07) is 17.9. The Balaban J connectivity index is 1.77. The molecule has 27 heavy (non-hydrogen) atoms. The predicted molar refractivity (Wildman–Crippen MR) is 108 cm³/mol. The van der Waals surface area contributed by atoms with E-state index in [1.165, 1.54) is 18.2 Å². The van der Waals surface area contributed by atoms with Crippen LogP contribution in [0, 0.1) is 0 Å². The first kappa shape index (κ1) is 19.5. The third kappa shape index (κ3) is 4.73. The minimum Gasteiger partial charge on any atom is -0.456 e. The van der Waals surface area contributed by atoms with Crippen molar-refractivity contribution in [2.24, 2.45) is 5.73 Å². The van der Waals surface area contributed by atoms with Crippen molar-refractivity contribution in [1.29, 1.82) is 0 Å². The Morgan fingerprint density at radius 2 is 1.63 bits per heavy atom. The first-order valence-electron chi connectivity index (χ1n) is 7.93. The van der Waals surface area contributed by atoms with Gasteiger partial charge in [-0.05, 0) is 54.1 Å². The number of rotatable bonds is 6. The number of anilines is 1. The van der Waals surface area contributed by atoms with Gasteiger partial charge in [-0.25, -0.2) is 8.42 Å². The number of benzene rings is 3. The van der Waals surface area contributed by atoms with E-state index < -0.39 is 10.0 Å². The fourth-order valence-corrected chi connectivity index (χ4v) is 3.81. The lowest BCUT2D eigenvalue weighted by Gasteiger charge is -2.11. The number of hydrogen-bond acceptors (Lipinski definition) is 4. The Labute approximate surface area is 167 Å². The molecule has 8 heteroatoms. The number of nitrogens with one attached hydrogen (secondary N) is 1. The van der Waals surface area contributed by atoms with Gasteiger partial charge in [0.05, 0.1) is 15.6 Å². The van der Waals surface area contributed by atoms with Crippen molar-refractivity contribution in [3.8, 4) is 11.5 Å². The monoisotopic (exact) mass is 422 g/mol. The van der Waals surface area contributed by atoms with Crippen molar-refractivity contribution < 1.29 is 13.2 Å². The van der Waals surface area contributed by atoms with E-state index in [1.54, 1.807) is 48.5 Å². The van der Waals surface area contributed by atoms with Crippen molar-refractivity contribution >= 4 is 38.9 Å². The Bertz CT molecular complexity index is 1050. The molecule has 3 aromatic rings. The lowest BCUT2D eigenvalue weighted by atomic mass is 10.2. The van der Waals surface area contributed by atoms with Crippen LogP contribution in [0.1, 0.15) is 5.56 Å². The summed E-state index contributed by atoms with van der Waals surface area (Å²) >= 11 is 12.1. The predicted octanol–water partition coefficient (Wildman–Crippen LogP) is 5.05. The topological polar surface area (TPSA) is 81.4 Å². The quantitative estimate of drug-likeness (QED) is 0.582. The molecule has 0 spiro atoms. The Kier molecular flexibility index (Phi) is 5.92. The van der Waals surface area contributed by atoms with Gasteiger partial charge in [0.1, 0.15) is 11.5 Å². The van der Waals surface area contributed by atoms with Gasteiger partial charge in [-0.3, -0.25) is 4.72 Å². The van der Waals surface area contributed by atoms with Crippen LogP contribution in [0.4, 0.5) is 5.69 Å². The number of nitrogens with two attached hydrogens (primary N) is 1. The number of hydrogen-bond donors (Lipinski definition) is 2. The summed E-state index contributed by atoms with van der Waals surface area (Å²) in [6.07, 6.45) is 0. The standard InChI is InChI=1S/C19H16Cl2N2O3S/c20-17-3-1-2-4-19(17)26-15-7-9-16(10-8-15)27(24,25)23-14-6-5-13(12-22)18(21)11-14/h1-11,23H,12,22H2. The molecule has 140 valence electrons. The summed E-state index contributed by atoms with van der Waals surface area (Å²) in [5.74, 6) is 0.958. The molecule has 0 saturated carbocycles. The van der Waals surface area contributed by atoms with Crippen LogP contribution in [-0.2, 0) is 16.6 Å². The van der Waals surface area contributed by atoms with E-state index >= 15 is 0 Å². The van der Waals surface area contributed by atoms with Gasteiger partial charge in [0.15, 0.2) is 0 Å². The Hall–Kier alpha value is -2.25. The normalized spacial score (nSPS) is 11.2. The molecule has 0 heterocycles. The van der Waals surface area contributed by atoms with E-state index in [1.807, 2.05) is 0 Å². The van der Waals surface area contributed by atoms with E-state index in [9.17, 15) is 8.42 Å². The molecular formula is C19H16Cl2N2O3S. The lowest BCUT2D eigenvalue weighted by Crippen LogP contribution is -2.13. The van der Waals surface area contributed by atoms with Crippen LogP contribution in [0.15, 0.2) is 71.6 Å². The van der Waals surface area contributed by atoms with E-state index in [2.05, 4.69) is 4.72 Å². The van der Waals surface area contributed by atoms with Gasteiger partial charge in [-0.2, -0.15) is 0 Å². The third-order valence-corrected chi connectivity index (χ3v) is 5.78. The van der Waals surface area contributed by atoms with Crippen LogP contribution in [-0.4, -0.2) is 8.42 Å². The number of sulfonamides is 1. The molecule has 0 atom stereocenters. The average Bonchev–Trinajstić information content (AvgIpc) is 2.64. The highest BCUT2D eigenvalue weighted by Gasteiger charge is 2.15. The van der Waals surface area contributed by atoms with Gasteiger partial charge in [0, 0.05) is 11.6 Å². The third-order valence-electron chi connectivity index (χ3n) is 3.72. The van der Waals surface area contributed by atoms with E-state index in [0.29, 0.717) is 27.2 Å². The molecule has 5 nitrogen and oxygen atoms in total. The molecule has 0 saturated heterocycles. The highest BCUT2D eigenvalue weighted by Crippen LogP contribution is 2.30. The molecule has 3 aromatic carbocycles. The Morgan fingerprint density at radius 3 is 2.26 bits per heavy atom.